The van der Waals surface area contributed by atoms with Gasteiger partial charge in [0.15, 0.2) is 0 Å². The Kier molecular flexibility index (Phi) is 2.77. The van der Waals surface area contributed by atoms with Crippen molar-refractivity contribution in [2.24, 2.45) is 11.8 Å². The second-order valence-electron chi connectivity index (χ2n) is 4.82. The first-order valence-corrected chi connectivity index (χ1v) is 5.65. The molecule has 3 unspecified atom stereocenters. The van der Waals surface area contributed by atoms with Crippen molar-refractivity contribution in [3.05, 3.63) is 0 Å². The van der Waals surface area contributed by atoms with E-state index in [9.17, 15) is 4.79 Å². The fourth-order valence-corrected chi connectivity index (χ4v) is 2.71. The van der Waals surface area contributed by atoms with E-state index in [0.717, 1.165) is 32.4 Å². The second-order valence-corrected chi connectivity index (χ2v) is 4.82. The fraction of sp³-hybridized carbons (Fsp3) is 0.909. The number of carbonyl (C=O) groups is 1. The van der Waals surface area contributed by atoms with E-state index >= 15 is 0 Å². The van der Waals surface area contributed by atoms with Gasteiger partial charge in [-0.2, -0.15) is 0 Å². The maximum absolute atomic E-state index is 11.1. The maximum Gasteiger partial charge on any atom is 0.308 e. The van der Waals surface area contributed by atoms with E-state index in [-0.39, 0.29) is 5.92 Å². The van der Waals surface area contributed by atoms with E-state index in [4.69, 9.17) is 5.11 Å². The number of aliphatic carboxylic acids is 1. The van der Waals surface area contributed by atoms with E-state index in [0.29, 0.717) is 12.0 Å². The molecule has 0 radical (unpaired) electrons. The van der Waals surface area contributed by atoms with Crippen LogP contribution in [-0.4, -0.2) is 35.1 Å². The molecule has 3 atom stereocenters. The molecule has 0 aromatic carbocycles. The predicted octanol–water partition coefficient (Wildman–Crippen LogP) is 1.58. The van der Waals surface area contributed by atoms with Crippen molar-refractivity contribution in [3.8, 4) is 0 Å². The fourth-order valence-electron chi connectivity index (χ4n) is 2.71. The number of carboxylic acid groups (broad SMARTS) is 1. The summed E-state index contributed by atoms with van der Waals surface area (Å²) in [5.74, 6) is 0.0106. The molecular formula is C11H19NO2. The van der Waals surface area contributed by atoms with Crippen LogP contribution in [0.5, 0.6) is 0 Å². The monoisotopic (exact) mass is 197 g/mol. The molecule has 3 nitrogen and oxygen atoms in total. The third-order valence-corrected chi connectivity index (χ3v) is 3.76. The summed E-state index contributed by atoms with van der Waals surface area (Å²) in [5, 5.41) is 9.14. The highest BCUT2D eigenvalue weighted by Crippen LogP contribution is 2.34. The minimum Gasteiger partial charge on any atom is -0.481 e. The van der Waals surface area contributed by atoms with Crippen molar-refractivity contribution in [2.45, 2.75) is 38.6 Å². The van der Waals surface area contributed by atoms with Crippen LogP contribution in [0.3, 0.4) is 0 Å². The molecule has 14 heavy (non-hydrogen) atoms. The van der Waals surface area contributed by atoms with Crippen LogP contribution in [0, 0.1) is 11.8 Å². The molecule has 1 saturated heterocycles. The van der Waals surface area contributed by atoms with Gasteiger partial charge in [0.05, 0.1) is 5.92 Å². The van der Waals surface area contributed by atoms with Gasteiger partial charge in [-0.15, -0.1) is 0 Å². The number of likely N-dealkylation sites (tertiary alicyclic amines) is 1. The average Bonchev–Trinajstić information content (AvgIpc) is 2.00. The summed E-state index contributed by atoms with van der Waals surface area (Å²) in [6.45, 7) is 4.47. The molecule has 0 aromatic rings. The van der Waals surface area contributed by atoms with Crippen molar-refractivity contribution < 1.29 is 9.90 Å². The summed E-state index contributed by atoms with van der Waals surface area (Å²) in [7, 11) is 0. The van der Waals surface area contributed by atoms with Gasteiger partial charge < -0.3 is 5.11 Å². The third-order valence-electron chi connectivity index (χ3n) is 3.76. The molecule has 0 spiro atoms. The normalized spacial score (nSPS) is 39.1. The molecule has 3 heteroatoms. The van der Waals surface area contributed by atoms with Crippen LogP contribution in [0.4, 0.5) is 0 Å². The van der Waals surface area contributed by atoms with Gasteiger partial charge in [0, 0.05) is 6.04 Å². The highest BCUT2D eigenvalue weighted by atomic mass is 16.4. The number of carboxylic acids is 1. The Morgan fingerprint density at radius 2 is 2.07 bits per heavy atom. The smallest absolute Gasteiger partial charge is 0.308 e. The standard InChI is InChI=1S/C11H19NO2/c1-8-3-4-9(11(13)14)10(7-8)12-5-2-6-12/h8-10H,2-7H2,1H3,(H,13,14). The van der Waals surface area contributed by atoms with E-state index in [2.05, 4.69) is 11.8 Å². The lowest BCUT2D eigenvalue weighted by atomic mass is 9.77. The summed E-state index contributed by atoms with van der Waals surface area (Å²) in [5.41, 5.74) is 0. The zero-order valence-corrected chi connectivity index (χ0v) is 8.78. The van der Waals surface area contributed by atoms with Gasteiger partial charge in [0.1, 0.15) is 0 Å². The van der Waals surface area contributed by atoms with Crippen molar-refractivity contribution in [2.75, 3.05) is 13.1 Å². The highest BCUT2D eigenvalue weighted by molar-refractivity contribution is 5.71. The Bertz CT molecular complexity index is 225. The summed E-state index contributed by atoms with van der Waals surface area (Å²) in [6.07, 6.45) is 4.28. The molecule has 1 heterocycles. The Balaban J connectivity index is 2.02. The lowest BCUT2D eigenvalue weighted by molar-refractivity contribution is -0.147. The van der Waals surface area contributed by atoms with Crippen LogP contribution >= 0.6 is 0 Å². The first-order valence-electron chi connectivity index (χ1n) is 5.65. The van der Waals surface area contributed by atoms with Crippen LogP contribution in [0.2, 0.25) is 0 Å². The van der Waals surface area contributed by atoms with Crippen LogP contribution < -0.4 is 0 Å². The number of nitrogens with zero attached hydrogens (tertiary/aromatic N) is 1. The van der Waals surface area contributed by atoms with Crippen molar-refractivity contribution >= 4 is 5.97 Å². The second kappa shape index (κ2) is 3.89. The van der Waals surface area contributed by atoms with E-state index in [1.54, 1.807) is 0 Å². The largest absolute Gasteiger partial charge is 0.481 e. The lowest BCUT2D eigenvalue weighted by Crippen LogP contribution is -2.52. The van der Waals surface area contributed by atoms with Gasteiger partial charge >= 0.3 is 5.97 Å². The van der Waals surface area contributed by atoms with Crippen molar-refractivity contribution in [3.63, 3.8) is 0 Å². The molecule has 0 amide bonds. The van der Waals surface area contributed by atoms with Crippen LogP contribution in [0.15, 0.2) is 0 Å². The molecule has 2 fully saturated rings. The Labute approximate surface area is 85.1 Å². The van der Waals surface area contributed by atoms with Gasteiger partial charge in [-0.25, -0.2) is 0 Å². The first-order chi connectivity index (χ1) is 6.68. The minimum atomic E-state index is -0.589. The third kappa shape index (κ3) is 1.78. The summed E-state index contributed by atoms with van der Waals surface area (Å²) >= 11 is 0. The number of hydrogen-bond acceptors (Lipinski definition) is 2. The van der Waals surface area contributed by atoms with Gasteiger partial charge in [0.25, 0.3) is 0 Å². The van der Waals surface area contributed by atoms with Crippen LogP contribution in [0.1, 0.15) is 32.6 Å². The molecule has 2 aliphatic rings. The first kappa shape index (κ1) is 9.97. The maximum atomic E-state index is 11.1. The Morgan fingerprint density at radius 1 is 1.36 bits per heavy atom. The van der Waals surface area contributed by atoms with Gasteiger partial charge in [-0.3, -0.25) is 9.69 Å². The zero-order valence-electron chi connectivity index (χ0n) is 8.78. The number of rotatable bonds is 2. The molecule has 1 N–H and O–H groups in total. The molecular weight excluding hydrogens is 178 g/mol. The summed E-state index contributed by atoms with van der Waals surface area (Å²) < 4.78 is 0. The molecule has 1 saturated carbocycles. The van der Waals surface area contributed by atoms with E-state index < -0.39 is 5.97 Å². The topological polar surface area (TPSA) is 40.5 Å². The molecule has 2 rings (SSSR count). The zero-order chi connectivity index (χ0) is 10.1. The van der Waals surface area contributed by atoms with Gasteiger partial charge in [0.2, 0.25) is 0 Å². The van der Waals surface area contributed by atoms with Gasteiger partial charge in [-0.1, -0.05) is 6.92 Å². The highest BCUT2D eigenvalue weighted by Gasteiger charge is 2.38. The molecule has 1 aliphatic heterocycles. The van der Waals surface area contributed by atoms with Crippen molar-refractivity contribution in [1.29, 1.82) is 0 Å². The van der Waals surface area contributed by atoms with Crippen LogP contribution in [-0.2, 0) is 4.79 Å². The Morgan fingerprint density at radius 3 is 2.57 bits per heavy atom. The Hall–Kier alpha value is -0.570. The SMILES string of the molecule is CC1CCC(C(=O)O)C(N2CCC2)C1. The lowest BCUT2D eigenvalue weighted by Gasteiger charge is -2.44. The van der Waals surface area contributed by atoms with E-state index in [1.165, 1.54) is 6.42 Å². The number of hydrogen-bond donors (Lipinski definition) is 1. The van der Waals surface area contributed by atoms with Crippen LogP contribution in [0.25, 0.3) is 0 Å². The van der Waals surface area contributed by atoms with Gasteiger partial charge in [-0.05, 0) is 44.7 Å². The predicted molar refractivity (Wildman–Crippen MR) is 54.1 cm³/mol. The minimum absolute atomic E-state index is 0.105. The summed E-state index contributed by atoms with van der Waals surface area (Å²) in [6, 6.07) is 0.324. The average molecular weight is 197 g/mol. The quantitative estimate of drug-likeness (QED) is 0.730. The van der Waals surface area contributed by atoms with E-state index in [1.807, 2.05) is 0 Å². The molecule has 80 valence electrons. The van der Waals surface area contributed by atoms with Crippen molar-refractivity contribution in [1.82, 2.24) is 4.90 Å². The molecule has 1 aliphatic carbocycles. The molecule has 0 bridgehead atoms. The summed E-state index contributed by atoms with van der Waals surface area (Å²) in [4.78, 5) is 13.4. The molecule has 0 aromatic heterocycles.